The topological polar surface area (TPSA) is 52.7 Å². The normalized spacial score (nSPS) is 24.2. The van der Waals surface area contributed by atoms with Crippen LogP contribution in [0.5, 0.6) is 0 Å². The second-order valence-electron chi connectivity index (χ2n) is 6.88. The highest BCUT2D eigenvalue weighted by Crippen LogP contribution is 2.24. The molecular weight excluding hydrogens is 367 g/mol. The van der Waals surface area contributed by atoms with Gasteiger partial charge in [0.2, 0.25) is 5.91 Å². The Hall–Kier alpha value is -1.61. The molecule has 3 heterocycles. The molecule has 1 aromatic rings. The molecule has 2 aliphatic rings. The molecule has 0 aromatic carbocycles. The molecule has 5 nitrogen and oxygen atoms in total. The molecule has 144 valence electrons. The van der Waals surface area contributed by atoms with Gasteiger partial charge in [-0.3, -0.25) is 14.5 Å². The molecule has 0 spiro atoms. The summed E-state index contributed by atoms with van der Waals surface area (Å²) < 4.78 is 37.3. The van der Waals surface area contributed by atoms with Crippen molar-refractivity contribution in [2.45, 2.75) is 31.5 Å². The maximum Gasteiger partial charge on any atom is 0.401 e. The van der Waals surface area contributed by atoms with E-state index in [1.54, 1.807) is 17.0 Å². The molecule has 2 amide bonds. The molecule has 3 rings (SSSR count). The van der Waals surface area contributed by atoms with Crippen molar-refractivity contribution in [3.05, 3.63) is 22.4 Å². The van der Waals surface area contributed by atoms with E-state index < -0.39 is 18.8 Å². The third-order valence-electron chi connectivity index (χ3n) is 4.89. The number of halogens is 3. The van der Waals surface area contributed by atoms with Crippen LogP contribution >= 0.6 is 11.3 Å². The summed E-state index contributed by atoms with van der Waals surface area (Å²) in [4.78, 5) is 28.6. The lowest BCUT2D eigenvalue weighted by Crippen LogP contribution is -2.47. The Bertz CT molecular complexity index is 636. The molecule has 26 heavy (non-hydrogen) atoms. The lowest BCUT2D eigenvalue weighted by Gasteiger charge is -2.24. The molecular formula is C17H22F3N3O2S. The Morgan fingerprint density at radius 2 is 2.08 bits per heavy atom. The van der Waals surface area contributed by atoms with Crippen LogP contribution in [0.2, 0.25) is 0 Å². The minimum Gasteiger partial charge on any atom is -0.354 e. The van der Waals surface area contributed by atoms with E-state index in [0.717, 1.165) is 6.42 Å². The second kappa shape index (κ2) is 7.96. The Labute approximate surface area is 154 Å². The van der Waals surface area contributed by atoms with Crippen molar-refractivity contribution in [2.24, 2.45) is 5.92 Å². The van der Waals surface area contributed by atoms with E-state index >= 15 is 0 Å². The van der Waals surface area contributed by atoms with Gasteiger partial charge in [-0.1, -0.05) is 6.07 Å². The molecule has 0 aliphatic carbocycles. The number of carbonyl (C=O) groups excluding carboxylic acids is 2. The molecule has 0 saturated carbocycles. The first-order valence-electron chi connectivity index (χ1n) is 8.75. The Balaban J connectivity index is 1.48. The van der Waals surface area contributed by atoms with E-state index in [0.29, 0.717) is 43.9 Å². The molecule has 0 radical (unpaired) electrons. The molecule has 2 saturated heterocycles. The summed E-state index contributed by atoms with van der Waals surface area (Å²) in [6, 6.07) is 3.06. The Morgan fingerprint density at radius 1 is 1.27 bits per heavy atom. The van der Waals surface area contributed by atoms with Crippen LogP contribution < -0.4 is 5.32 Å². The highest BCUT2D eigenvalue weighted by molar-refractivity contribution is 7.12. The molecule has 2 atom stereocenters. The van der Waals surface area contributed by atoms with Crippen LogP contribution in [0.25, 0.3) is 0 Å². The van der Waals surface area contributed by atoms with E-state index in [4.69, 9.17) is 0 Å². The van der Waals surface area contributed by atoms with Gasteiger partial charge in [0.15, 0.2) is 0 Å². The number of likely N-dealkylation sites (tertiary alicyclic amines) is 2. The number of rotatable bonds is 5. The summed E-state index contributed by atoms with van der Waals surface area (Å²) in [5.74, 6) is -0.319. The molecule has 0 unspecified atom stereocenters. The average molecular weight is 389 g/mol. The van der Waals surface area contributed by atoms with E-state index in [1.807, 2.05) is 5.38 Å². The zero-order valence-corrected chi connectivity index (χ0v) is 15.1. The van der Waals surface area contributed by atoms with Gasteiger partial charge in [0.1, 0.15) is 6.04 Å². The van der Waals surface area contributed by atoms with Crippen LogP contribution in [0.15, 0.2) is 17.5 Å². The van der Waals surface area contributed by atoms with E-state index in [2.05, 4.69) is 5.32 Å². The summed E-state index contributed by atoms with van der Waals surface area (Å²) >= 11 is 1.35. The van der Waals surface area contributed by atoms with Crippen LogP contribution in [-0.2, 0) is 4.79 Å². The lowest BCUT2D eigenvalue weighted by molar-refractivity contribution is -0.143. The Kier molecular flexibility index (Phi) is 5.86. The van der Waals surface area contributed by atoms with Crippen molar-refractivity contribution in [3.8, 4) is 0 Å². The van der Waals surface area contributed by atoms with Gasteiger partial charge in [-0.05, 0) is 43.2 Å². The van der Waals surface area contributed by atoms with Gasteiger partial charge in [-0.2, -0.15) is 13.2 Å². The molecule has 2 aliphatic heterocycles. The van der Waals surface area contributed by atoms with Gasteiger partial charge >= 0.3 is 6.18 Å². The van der Waals surface area contributed by atoms with E-state index in [1.165, 1.54) is 16.2 Å². The SMILES string of the molecule is O=C(NC[C@H]1CCN(CC(F)(F)F)C1)[C@@H]1CCCN1C(=O)c1cccs1. The quantitative estimate of drug-likeness (QED) is 0.841. The molecule has 9 heteroatoms. The maximum absolute atomic E-state index is 12.5. The average Bonchev–Trinajstić information content (AvgIpc) is 3.31. The van der Waals surface area contributed by atoms with Gasteiger partial charge in [0.05, 0.1) is 11.4 Å². The summed E-state index contributed by atoms with van der Waals surface area (Å²) in [6.07, 6.45) is -2.16. The monoisotopic (exact) mass is 389 g/mol. The first-order valence-corrected chi connectivity index (χ1v) is 9.63. The maximum atomic E-state index is 12.5. The zero-order chi connectivity index (χ0) is 18.7. The van der Waals surface area contributed by atoms with E-state index in [-0.39, 0.29) is 17.7 Å². The molecule has 0 bridgehead atoms. The fourth-order valence-electron chi connectivity index (χ4n) is 3.66. The number of thiophene rings is 1. The van der Waals surface area contributed by atoms with Crippen molar-refractivity contribution < 1.29 is 22.8 Å². The minimum atomic E-state index is -4.19. The number of nitrogens with one attached hydrogen (secondary N) is 1. The predicted molar refractivity (Wildman–Crippen MR) is 92.0 cm³/mol. The zero-order valence-electron chi connectivity index (χ0n) is 14.3. The van der Waals surface area contributed by atoms with Crippen LogP contribution in [0.1, 0.15) is 28.9 Å². The molecule has 1 aromatic heterocycles. The van der Waals surface area contributed by atoms with Gasteiger partial charge in [0, 0.05) is 19.6 Å². The summed E-state index contributed by atoms with van der Waals surface area (Å²) in [5.41, 5.74) is 0. The first kappa shape index (κ1) is 19.2. The third-order valence-corrected chi connectivity index (χ3v) is 5.74. The highest BCUT2D eigenvalue weighted by Gasteiger charge is 2.36. The standard InChI is InChI=1S/C17H22F3N3O2S/c18-17(19,20)11-22-7-5-12(10-22)9-21-15(24)13-3-1-6-23(13)16(25)14-4-2-8-26-14/h2,4,8,12-13H,1,3,5-7,9-11H2,(H,21,24)/t12-,13+/m1/s1. The lowest BCUT2D eigenvalue weighted by atomic mass is 10.1. The second-order valence-corrected chi connectivity index (χ2v) is 7.83. The van der Waals surface area contributed by atoms with Crippen molar-refractivity contribution >= 4 is 23.2 Å². The van der Waals surface area contributed by atoms with Gasteiger partial charge in [-0.25, -0.2) is 0 Å². The van der Waals surface area contributed by atoms with Gasteiger partial charge in [-0.15, -0.1) is 11.3 Å². The van der Waals surface area contributed by atoms with Crippen molar-refractivity contribution in [1.29, 1.82) is 0 Å². The minimum absolute atomic E-state index is 0.0177. The smallest absolute Gasteiger partial charge is 0.354 e. The third kappa shape index (κ3) is 4.76. The molecule has 2 fully saturated rings. The highest BCUT2D eigenvalue weighted by atomic mass is 32.1. The predicted octanol–water partition coefficient (Wildman–Crippen LogP) is 2.35. The molecule has 1 N–H and O–H groups in total. The number of hydrogen-bond acceptors (Lipinski definition) is 4. The number of nitrogens with zero attached hydrogens (tertiary/aromatic N) is 2. The summed E-state index contributed by atoms with van der Waals surface area (Å²) in [6.45, 7) is 0.736. The first-order chi connectivity index (χ1) is 12.3. The van der Waals surface area contributed by atoms with Crippen LogP contribution in [-0.4, -0.2) is 66.6 Å². The van der Waals surface area contributed by atoms with Crippen LogP contribution in [0.4, 0.5) is 13.2 Å². The largest absolute Gasteiger partial charge is 0.401 e. The van der Waals surface area contributed by atoms with Gasteiger partial charge < -0.3 is 10.2 Å². The number of hydrogen-bond donors (Lipinski definition) is 1. The van der Waals surface area contributed by atoms with Crippen molar-refractivity contribution in [3.63, 3.8) is 0 Å². The number of carbonyl (C=O) groups is 2. The van der Waals surface area contributed by atoms with Crippen molar-refractivity contribution in [1.82, 2.24) is 15.1 Å². The summed E-state index contributed by atoms with van der Waals surface area (Å²) in [7, 11) is 0. The summed E-state index contributed by atoms with van der Waals surface area (Å²) in [5, 5.41) is 4.67. The number of alkyl halides is 3. The van der Waals surface area contributed by atoms with Crippen molar-refractivity contribution in [2.75, 3.05) is 32.7 Å². The Morgan fingerprint density at radius 3 is 2.77 bits per heavy atom. The fourth-order valence-corrected chi connectivity index (χ4v) is 4.34. The van der Waals surface area contributed by atoms with Gasteiger partial charge in [0.25, 0.3) is 5.91 Å². The van der Waals surface area contributed by atoms with Crippen LogP contribution in [0.3, 0.4) is 0 Å². The van der Waals surface area contributed by atoms with E-state index in [9.17, 15) is 22.8 Å². The fraction of sp³-hybridized carbons (Fsp3) is 0.647. The number of amides is 2. The van der Waals surface area contributed by atoms with Crippen LogP contribution in [0, 0.1) is 5.92 Å².